The lowest BCUT2D eigenvalue weighted by molar-refractivity contribution is -0.140. The first-order valence-electron chi connectivity index (χ1n) is 7.12. The second-order valence-corrected chi connectivity index (χ2v) is 7.33. The second kappa shape index (κ2) is 7.85. The lowest BCUT2D eigenvalue weighted by Gasteiger charge is -2.15. The van der Waals surface area contributed by atoms with Gasteiger partial charge >= 0.3 is 5.97 Å². The van der Waals surface area contributed by atoms with Gasteiger partial charge in [0.1, 0.15) is 11.0 Å². The first-order chi connectivity index (χ1) is 10.5. The summed E-state index contributed by atoms with van der Waals surface area (Å²) in [5.74, 6) is -0.475. The first kappa shape index (κ1) is 17.1. The van der Waals surface area contributed by atoms with Crippen LogP contribution in [0.2, 0.25) is 0 Å². The third-order valence-corrected chi connectivity index (χ3v) is 4.59. The maximum absolute atomic E-state index is 11.2. The van der Waals surface area contributed by atoms with Crippen LogP contribution in [0.1, 0.15) is 26.0 Å². The molecule has 0 aliphatic heterocycles. The topological polar surface area (TPSA) is 62.2 Å². The standard InChI is InChI=1S/C16H19BrN2O2S/c1-10(2)6-14(16(20)21)18-8-13-9-22-15(19-13)11-4-3-5-12(17)7-11/h3-5,7,9-10,14,18H,6,8H2,1-2H3,(H,20,21)/t14-/m1/s1. The minimum atomic E-state index is -0.809. The fourth-order valence-electron chi connectivity index (χ4n) is 2.11. The molecule has 0 bridgehead atoms. The number of aromatic nitrogens is 1. The van der Waals surface area contributed by atoms with E-state index in [1.54, 1.807) is 11.3 Å². The van der Waals surface area contributed by atoms with E-state index in [1.807, 2.05) is 43.5 Å². The van der Waals surface area contributed by atoms with E-state index in [0.29, 0.717) is 18.9 Å². The Kier molecular flexibility index (Phi) is 6.11. The van der Waals surface area contributed by atoms with Gasteiger partial charge in [-0.25, -0.2) is 4.98 Å². The summed E-state index contributed by atoms with van der Waals surface area (Å²) >= 11 is 5.02. The SMILES string of the molecule is CC(C)C[C@@H](NCc1csc(-c2cccc(Br)c2)n1)C(=O)O. The average Bonchev–Trinajstić information content (AvgIpc) is 2.91. The molecule has 0 saturated heterocycles. The maximum atomic E-state index is 11.2. The Hall–Kier alpha value is -1.24. The van der Waals surface area contributed by atoms with E-state index >= 15 is 0 Å². The molecule has 1 aromatic heterocycles. The molecule has 0 spiro atoms. The number of benzene rings is 1. The summed E-state index contributed by atoms with van der Waals surface area (Å²) in [5, 5.41) is 15.2. The van der Waals surface area contributed by atoms with Crippen molar-refractivity contribution in [1.82, 2.24) is 10.3 Å². The maximum Gasteiger partial charge on any atom is 0.320 e. The highest BCUT2D eigenvalue weighted by Gasteiger charge is 2.18. The highest BCUT2D eigenvalue weighted by molar-refractivity contribution is 9.10. The molecular weight excluding hydrogens is 364 g/mol. The fourth-order valence-corrected chi connectivity index (χ4v) is 3.33. The van der Waals surface area contributed by atoms with E-state index in [9.17, 15) is 9.90 Å². The minimum absolute atomic E-state index is 0.335. The largest absolute Gasteiger partial charge is 0.480 e. The van der Waals surface area contributed by atoms with Gasteiger partial charge < -0.3 is 5.11 Å². The summed E-state index contributed by atoms with van der Waals surface area (Å²) in [6.45, 7) is 4.51. The van der Waals surface area contributed by atoms with Gasteiger partial charge in [0.2, 0.25) is 0 Å². The molecule has 22 heavy (non-hydrogen) atoms. The van der Waals surface area contributed by atoms with E-state index in [0.717, 1.165) is 20.7 Å². The summed E-state index contributed by atoms with van der Waals surface area (Å²) in [7, 11) is 0. The number of nitrogens with one attached hydrogen (secondary N) is 1. The van der Waals surface area contributed by atoms with Gasteiger partial charge in [-0.3, -0.25) is 10.1 Å². The molecule has 2 aromatic rings. The van der Waals surface area contributed by atoms with E-state index in [2.05, 4.69) is 26.2 Å². The fraction of sp³-hybridized carbons (Fsp3) is 0.375. The lowest BCUT2D eigenvalue weighted by Crippen LogP contribution is -2.37. The monoisotopic (exact) mass is 382 g/mol. The third kappa shape index (κ3) is 4.90. The molecule has 2 rings (SSSR count). The zero-order valence-electron chi connectivity index (χ0n) is 12.5. The molecule has 0 aliphatic rings. The summed E-state index contributed by atoms with van der Waals surface area (Å²) in [5.41, 5.74) is 1.93. The van der Waals surface area contributed by atoms with Gasteiger partial charge in [0.25, 0.3) is 0 Å². The highest BCUT2D eigenvalue weighted by atomic mass is 79.9. The number of carboxylic acids is 1. The zero-order chi connectivity index (χ0) is 16.1. The number of hydrogen-bond acceptors (Lipinski definition) is 4. The Morgan fingerprint density at radius 1 is 1.45 bits per heavy atom. The van der Waals surface area contributed by atoms with Gasteiger partial charge in [0.15, 0.2) is 0 Å². The van der Waals surface area contributed by atoms with Crippen molar-refractivity contribution in [3.63, 3.8) is 0 Å². The molecule has 0 saturated carbocycles. The van der Waals surface area contributed by atoms with E-state index < -0.39 is 12.0 Å². The predicted octanol–water partition coefficient (Wildman–Crippen LogP) is 4.16. The van der Waals surface area contributed by atoms with Crippen LogP contribution < -0.4 is 5.32 Å². The van der Waals surface area contributed by atoms with Crippen molar-refractivity contribution in [3.05, 3.63) is 39.8 Å². The first-order valence-corrected chi connectivity index (χ1v) is 8.79. The van der Waals surface area contributed by atoms with Crippen LogP contribution in [0.25, 0.3) is 10.6 Å². The number of aliphatic carboxylic acids is 1. The van der Waals surface area contributed by atoms with Crippen molar-refractivity contribution in [2.24, 2.45) is 5.92 Å². The Labute approximate surface area is 142 Å². The molecule has 0 fully saturated rings. The van der Waals surface area contributed by atoms with Crippen LogP contribution in [-0.4, -0.2) is 22.1 Å². The Balaban J connectivity index is 2.01. The number of halogens is 1. The summed E-state index contributed by atoms with van der Waals surface area (Å²) in [4.78, 5) is 15.8. The highest BCUT2D eigenvalue weighted by Crippen LogP contribution is 2.26. The van der Waals surface area contributed by atoms with E-state index in [-0.39, 0.29) is 0 Å². The van der Waals surface area contributed by atoms with Gasteiger partial charge in [-0.2, -0.15) is 0 Å². The smallest absolute Gasteiger partial charge is 0.320 e. The molecule has 1 atom stereocenters. The van der Waals surface area contributed by atoms with Crippen LogP contribution in [-0.2, 0) is 11.3 Å². The number of carboxylic acid groups (broad SMARTS) is 1. The Morgan fingerprint density at radius 2 is 2.23 bits per heavy atom. The minimum Gasteiger partial charge on any atom is -0.480 e. The van der Waals surface area contributed by atoms with Crippen molar-refractivity contribution in [1.29, 1.82) is 0 Å². The number of rotatable bonds is 7. The third-order valence-electron chi connectivity index (χ3n) is 3.16. The molecule has 1 heterocycles. The Morgan fingerprint density at radius 3 is 2.86 bits per heavy atom. The molecule has 0 aliphatic carbocycles. The molecule has 1 aromatic carbocycles. The van der Waals surface area contributed by atoms with Gasteiger partial charge in [0.05, 0.1) is 5.69 Å². The van der Waals surface area contributed by atoms with Crippen LogP contribution >= 0.6 is 27.3 Å². The normalized spacial score (nSPS) is 12.5. The van der Waals surface area contributed by atoms with Gasteiger partial charge in [-0.15, -0.1) is 11.3 Å². The van der Waals surface area contributed by atoms with E-state index in [4.69, 9.17) is 0 Å². The molecule has 4 nitrogen and oxygen atoms in total. The van der Waals surface area contributed by atoms with Crippen LogP contribution in [0.15, 0.2) is 34.1 Å². The second-order valence-electron chi connectivity index (χ2n) is 5.56. The van der Waals surface area contributed by atoms with Crippen molar-refractivity contribution in [2.45, 2.75) is 32.9 Å². The quantitative estimate of drug-likeness (QED) is 0.754. The average molecular weight is 383 g/mol. The predicted molar refractivity (Wildman–Crippen MR) is 93.0 cm³/mol. The molecular formula is C16H19BrN2O2S. The van der Waals surface area contributed by atoms with Crippen molar-refractivity contribution < 1.29 is 9.90 Å². The van der Waals surface area contributed by atoms with Crippen molar-refractivity contribution >= 4 is 33.2 Å². The summed E-state index contributed by atoms with van der Waals surface area (Å²) < 4.78 is 1.02. The van der Waals surface area contributed by atoms with Crippen LogP contribution in [0.4, 0.5) is 0 Å². The van der Waals surface area contributed by atoms with Crippen molar-refractivity contribution in [3.8, 4) is 10.6 Å². The van der Waals surface area contributed by atoms with Gasteiger partial charge in [0, 0.05) is 22.0 Å². The van der Waals surface area contributed by atoms with E-state index in [1.165, 1.54) is 0 Å². The lowest BCUT2D eigenvalue weighted by atomic mass is 10.0. The molecule has 0 unspecified atom stereocenters. The molecule has 6 heteroatoms. The van der Waals surface area contributed by atoms with Crippen LogP contribution in [0, 0.1) is 5.92 Å². The molecule has 0 radical (unpaired) electrons. The number of nitrogens with zero attached hydrogens (tertiary/aromatic N) is 1. The molecule has 0 amide bonds. The zero-order valence-corrected chi connectivity index (χ0v) is 14.9. The Bertz CT molecular complexity index is 643. The number of thiazole rings is 1. The molecule has 118 valence electrons. The van der Waals surface area contributed by atoms with Crippen LogP contribution in [0.3, 0.4) is 0 Å². The summed E-state index contributed by atoms with van der Waals surface area (Å²) in [6.07, 6.45) is 0.609. The number of hydrogen-bond donors (Lipinski definition) is 2. The molecule has 2 N–H and O–H groups in total. The van der Waals surface area contributed by atoms with Crippen molar-refractivity contribution in [2.75, 3.05) is 0 Å². The number of carbonyl (C=O) groups is 1. The van der Waals surface area contributed by atoms with Gasteiger partial charge in [-0.05, 0) is 24.5 Å². The summed E-state index contributed by atoms with van der Waals surface area (Å²) in [6, 6.07) is 7.45. The van der Waals surface area contributed by atoms with Gasteiger partial charge in [-0.1, -0.05) is 41.9 Å². The van der Waals surface area contributed by atoms with Crippen LogP contribution in [0.5, 0.6) is 0 Å².